The number of hydrogen-bond acceptors (Lipinski definition) is 10. The van der Waals surface area contributed by atoms with Gasteiger partial charge in [0.1, 0.15) is 10.4 Å². The van der Waals surface area contributed by atoms with Gasteiger partial charge in [-0.05, 0) is 75.1 Å². The molecule has 0 amide bonds. The fourth-order valence-corrected chi connectivity index (χ4v) is 7.59. The summed E-state index contributed by atoms with van der Waals surface area (Å²) in [5.41, 5.74) is 3.35. The van der Waals surface area contributed by atoms with E-state index in [4.69, 9.17) is 4.42 Å². The molecule has 2 aromatic heterocycles. The highest BCUT2D eigenvalue weighted by atomic mass is 32.2. The second kappa shape index (κ2) is 10.1. The summed E-state index contributed by atoms with van der Waals surface area (Å²) in [4.78, 5) is 13.0. The van der Waals surface area contributed by atoms with Gasteiger partial charge < -0.3 is 19.3 Å². The van der Waals surface area contributed by atoms with Gasteiger partial charge >= 0.3 is 0 Å². The van der Waals surface area contributed by atoms with Gasteiger partial charge in [0.05, 0.1) is 23.5 Å². The summed E-state index contributed by atoms with van der Waals surface area (Å²) in [6.45, 7) is 3.35. The van der Waals surface area contributed by atoms with E-state index in [0.717, 1.165) is 31.6 Å². The second-order valence-corrected chi connectivity index (χ2v) is 14.7. The Hall–Kier alpha value is -3.39. The highest BCUT2D eigenvalue weighted by Crippen LogP contribution is 2.54. The molecule has 1 spiro atoms. The molecule has 0 radical (unpaired) electrons. The molecular formula is C29H35F2N7O4S. The van der Waals surface area contributed by atoms with Crippen LogP contribution in [-0.4, -0.2) is 77.1 Å². The van der Waals surface area contributed by atoms with Crippen LogP contribution in [0.1, 0.15) is 57.1 Å². The predicted molar refractivity (Wildman–Crippen MR) is 157 cm³/mol. The number of rotatable bonds is 8. The SMILES string of the molecule is Cc1cc(-c2nnc(-c3ccc(NS(=O)(=O)C4(CO)CC4)cc3N3CCC4(CC3)CC4)o2)nc(N2CCC(F)(F)CC2)n1. The number of piperidine rings is 2. The van der Waals surface area contributed by atoms with E-state index in [0.29, 0.717) is 46.8 Å². The number of sulfonamides is 1. The molecule has 11 nitrogen and oxygen atoms in total. The molecule has 7 rings (SSSR count). The van der Waals surface area contributed by atoms with Crippen LogP contribution in [0.25, 0.3) is 23.0 Å². The van der Waals surface area contributed by atoms with Crippen molar-refractivity contribution >= 4 is 27.3 Å². The zero-order chi connectivity index (χ0) is 30.0. The summed E-state index contributed by atoms with van der Waals surface area (Å²) < 4.78 is 61.2. The fraction of sp³-hybridized carbons (Fsp3) is 0.586. The Morgan fingerprint density at radius 3 is 2.23 bits per heavy atom. The summed E-state index contributed by atoms with van der Waals surface area (Å²) in [5.74, 6) is -1.89. The number of benzene rings is 1. The Morgan fingerprint density at radius 1 is 0.907 bits per heavy atom. The number of alkyl halides is 2. The van der Waals surface area contributed by atoms with Gasteiger partial charge in [-0.25, -0.2) is 27.2 Å². The largest absolute Gasteiger partial charge is 0.415 e. The molecule has 0 unspecified atom stereocenters. The molecule has 4 heterocycles. The molecule has 0 atom stereocenters. The third-order valence-corrected chi connectivity index (χ3v) is 11.7. The molecule has 2 aliphatic carbocycles. The maximum atomic E-state index is 13.7. The third-order valence-electron chi connectivity index (χ3n) is 9.53. The zero-order valence-electron chi connectivity index (χ0n) is 24.0. The first-order chi connectivity index (χ1) is 20.5. The van der Waals surface area contributed by atoms with Crippen LogP contribution in [-0.2, 0) is 10.0 Å². The minimum atomic E-state index is -3.77. The van der Waals surface area contributed by atoms with E-state index >= 15 is 0 Å². The first-order valence-corrected chi connectivity index (χ1v) is 16.3. The number of anilines is 3. The van der Waals surface area contributed by atoms with E-state index in [1.54, 1.807) is 36.1 Å². The number of aliphatic hydroxyl groups is 1. The summed E-state index contributed by atoms with van der Waals surface area (Å²) >= 11 is 0. The lowest BCUT2D eigenvalue weighted by atomic mass is 9.93. The highest BCUT2D eigenvalue weighted by molar-refractivity contribution is 7.94. The topological polar surface area (TPSA) is 138 Å². The van der Waals surface area contributed by atoms with Gasteiger partial charge in [-0.15, -0.1) is 10.2 Å². The standard InChI is InChI=1S/C29H35F2N7O4S/c1-19-16-22(33-26(32-19)38-14-10-29(30,31)11-15-38)25-35-34-24(42-25)21-3-2-20(36-43(40,41)28(18-39)6-7-28)17-23(21)37-12-8-27(4-5-27)9-13-37/h2-3,16-17,36,39H,4-15,18H2,1H3. The van der Waals surface area contributed by atoms with Crippen molar-refractivity contribution in [3.63, 3.8) is 0 Å². The van der Waals surface area contributed by atoms with E-state index in [2.05, 4.69) is 29.8 Å². The lowest BCUT2D eigenvalue weighted by Gasteiger charge is -2.35. The van der Waals surface area contributed by atoms with Crippen LogP contribution in [0.4, 0.5) is 26.1 Å². The van der Waals surface area contributed by atoms with Crippen LogP contribution in [0, 0.1) is 12.3 Å². The average Bonchev–Trinajstić information content (AvgIpc) is 3.89. The normalized spacial score (nSPS) is 22.0. The number of halogens is 2. The van der Waals surface area contributed by atoms with E-state index in [1.165, 1.54) is 12.8 Å². The summed E-state index contributed by atoms with van der Waals surface area (Å²) in [5, 5.41) is 18.3. The van der Waals surface area contributed by atoms with Gasteiger partial charge in [0.2, 0.25) is 21.9 Å². The van der Waals surface area contributed by atoms with Crippen LogP contribution in [0.5, 0.6) is 0 Å². The quantitative estimate of drug-likeness (QED) is 0.375. The number of nitrogens with zero attached hydrogens (tertiary/aromatic N) is 6. The molecule has 0 bridgehead atoms. The van der Waals surface area contributed by atoms with E-state index < -0.39 is 27.3 Å². The van der Waals surface area contributed by atoms with Crippen molar-refractivity contribution in [3.05, 3.63) is 30.0 Å². The summed E-state index contributed by atoms with van der Waals surface area (Å²) in [6, 6.07) is 6.95. The van der Waals surface area contributed by atoms with Crippen molar-refractivity contribution in [1.29, 1.82) is 0 Å². The summed E-state index contributed by atoms with van der Waals surface area (Å²) in [6.07, 6.45) is 4.99. The first-order valence-electron chi connectivity index (χ1n) is 14.8. The van der Waals surface area contributed by atoms with E-state index in [9.17, 15) is 22.3 Å². The Kier molecular flexibility index (Phi) is 6.65. The average molecular weight is 616 g/mol. The van der Waals surface area contributed by atoms with Gasteiger partial charge in [-0.2, -0.15) is 0 Å². The van der Waals surface area contributed by atoms with Gasteiger partial charge in [0.25, 0.3) is 11.8 Å². The van der Waals surface area contributed by atoms with Crippen molar-refractivity contribution in [2.45, 2.75) is 69.0 Å². The van der Waals surface area contributed by atoms with Gasteiger partial charge in [-0.3, -0.25) is 4.72 Å². The van der Waals surface area contributed by atoms with Crippen LogP contribution in [0.2, 0.25) is 0 Å². The van der Waals surface area contributed by atoms with Crippen molar-refractivity contribution in [2.24, 2.45) is 5.41 Å². The number of aliphatic hydroxyl groups excluding tert-OH is 1. The minimum Gasteiger partial charge on any atom is -0.415 e. The van der Waals surface area contributed by atoms with Gasteiger partial charge in [-0.1, -0.05) is 0 Å². The molecule has 43 heavy (non-hydrogen) atoms. The second-order valence-electron chi connectivity index (χ2n) is 12.6. The number of nitrogens with one attached hydrogen (secondary N) is 1. The third kappa shape index (κ3) is 5.43. The predicted octanol–water partition coefficient (Wildman–Crippen LogP) is 4.38. The minimum absolute atomic E-state index is 0.154. The lowest BCUT2D eigenvalue weighted by molar-refractivity contribution is -0.0222. The monoisotopic (exact) mass is 615 g/mol. The highest BCUT2D eigenvalue weighted by Gasteiger charge is 2.54. The molecular weight excluding hydrogens is 580 g/mol. The van der Waals surface area contributed by atoms with Crippen LogP contribution < -0.4 is 14.5 Å². The Balaban J connectivity index is 1.19. The van der Waals surface area contributed by atoms with Gasteiger partial charge in [0, 0.05) is 44.7 Å². The maximum absolute atomic E-state index is 13.7. The first kappa shape index (κ1) is 28.4. The van der Waals surface area contributed by atoms with Crippen molar-refractivity contribution < 1.29 is 26.7 Å². The Bertz CT molecular complexity index is 1640. The molecule has 3 aromatic rings. The van der Waals surface area contributed by atoms with E-state index in [-0.39, 0.29) is 37.7 Å². The fourth-order valence-electron chi connectivity index (χ4n) is 6.12. The molecule has 4 fully saturated rings. The molecule has 2 aliphatic heterocycles. The van der Waals surface area contributed by atoms with Crippen molar-refractivity contribution in [3.8, 4) is 23.0 Å². The maximum Gasteiger partial charge on any atom is 0.266 e. The Morgan fingerprint density at radius 2 is 1.58 bits per heavy atom. The van der Waals surface area contributed by atoms with Crippen LogP contribution in [0.3, 0.4) is 0 Å². The summed E-state index contributed by atoms with van der Waals surface area (Å²) in [7, 11) is -3.77. The zero-order valence-corrected chi connectivity index (χ0v) is 24.8. The molecule has 2 saturated heterocycles. The van der Waals surface area contributed by atoms with Crippen LogP contribution >= 0.6 is 0 Å². The Labute approximate surface area is 248 Å². The van der Waals surface area contributed by atoms with E-state index in [1.807, 2.05) is 0 Å². The number of aryl methyl sites for hydroxylation is 1. The lowest BCUT2D eigenvalue weighted by Crippen LogP contribution is -2.40. The van der Waals surface area contributed by atoms with Crippen LogP contribution in [0.15, 0.2) is 28.7 Å². The molecule has 4 aliphatic rings. The molecule has 2 saturated carbocycles. The molecule has 14 heteroatoms. The van der Waals surface area contributed by atoms with Gasteiger partial charge in [0.15, 0.2) is 0 Å². The molecule has 230 valence electrons. The smallest absolute Gasteiger partial charge is 0.266 e. The number of hydrogen-bond donors (Lipinski definition) is 2. The molecule has 1 aromatic carbocycles. The number of aromatic nitrogens is 4. The van der Waals surface area contributed by atoms with Crippen molar-refractivity contribution in [2.75, 3.05) is 47.3 Å². The molecule has 2 N–H and O–H groups in total. The van der Waals surface area contributed by atoms with Crippen molar-refractivity contribution in [1.82, 2.24) is 20.2 Å².